The number of benzene rings is 1. The molecule has 2 aromatic heterocycles. The van der Waals surface area contributed by atoms with Crippen molar-refractivity contribution in [3.8, 4) is 0 Å². The molecule has 1 aromatic carbocycles. The Morgan fingerprint density at radius 2 is 1.97 bits per heavy atom. The van der Waals surface area contributed by atoms with Gasteiger partial charge in [0.25, 0.3) is 0 Å². The zero-order valence-corrected chi connectivity index (χ0v) is 17.7. The van der Waals surface area contributed by atoms with Gasteiger partial charge in [-0.25, -0.2) is 0 Å². The third-order valence-corrected chi connectivity index (χ3v) is 6.31. The zero-order valence-electron chi connectivity index (χ0n) is 16.0. The van der Waals surface area contributed by atoms with E-state index in [1.165, 1.54) is 9.75 Å². The van der Waals surface area contributed by atoms with Gasteiger partial charge < -0.3 is 15.5 Å². The highest BCUT2D eigenvalue weighted by Crippen LogP contribution is 2.41. The lowest BCUT2D eigenvalue weighted by molar-refractivity contribution is -0.116. The second-order valence-corrected chi connectivity index (χ2v) is 8.64. The Morgan fingerprint density at radius 3 is 2.66 bits per heavy atom. The van der Waals surface area contributed by atoms with Crippen molar-refractivity contribution in [1.29, 1.82) is 0 Å². The minimum Gasteiger partial charge on any atom is -0.352 e. The molecule has 0 unspecified atom stereocenters. The fraction of sp³-hybridized carbons (Fsp3) is 0.227. The number of anilines is 1. The summed E-state index contributed by atoms with van der Waals surface area (Å²) in [6, 6.07) is 19.7. The van der Waals surface area contributed by atoms with Gasteiger partial charge in [0.2, 0.25) is 5.91 Å². The number of aryl methyl sites for hydroxylation is 1. The minimum atomic E-state index is -0.0427. The Kier molecular flexibility index (Phi) is 5.87. The van der Waals surface area contributed by atoms with E-state index in [2.05, 4.69) is 39.6 Å². The summed E-state index contributed by atoms with van der Waals surface area (Å²) >= 11 is 7.40. The van der Waals surface area contributed by atoms with Gasteiger partial charge in [0, 0.05) is 34.6 Å². The number of carbonyl (C=O) groups is 1. The molecule has 4 rings (SSSR count). The van der Waals surface area contributed by atoms with E-state index in [4.69, 9.17) is 12.2 Å². The predicted molar refractivity (Wildman–Crippen MR) is 121 cm³/mol. The second-order valence-electron chi connectivity index (χ2n) is 6.93. The van der Waals surface area contributed by atoms with Crippen LogP contribution < -0.4 is 10.6 Å². The molecule has 2 atom stereocenters. The number of carbonyl (C=O) groups excluding carboxylic acids is 1. The monoisotopic (exact) mass is 422 g/mol. The van der Waals surface area contributed by atoms with Gasteiger partial charge in [-0.3, -0.25) is 9.78 Å². The van der Waals surface area contributed by atoms with E-state index < -0.39 is 0 Å². The van der Waals surface area contributed by atoms with Gasteiger partial charge >= 0.3 is 0 Å². The van der Waals surface area contributed by atoms with Crippen LogP contribution in [0.5, 0.6) is 0 Å². The van der Waals surface area contributed by atoms with Gasteiger partial charge in [0.05, 0.1) is 17.8 Å². The number of amides is 1. The number of aromatic nitrogens is 1. The lowest BCUT2D eigenvalue weighted by atomic mass is 10.0. The summed E-state index contributed by atoms with van der Waals surface area (Å²) in [4.78, 5) is 21.6. The lowest BCUT2D eigenvalue weighted by Gasteiger charge is -2.26. The molecular weight excluding hydrogens is 400 g/mol. The highest BCUT2D eigenvalue weighted by molar-refractivity contribution is 7.80. The van der Waals surface area contributed by atoms with Crippen molar-refractivity contribution < 1.29 is 4.79 Å². The molecule has 3 aromatic rings. The van der Waals surface area contributed by atoms with Crippen molar-refractivity contribution in [3.63, 3.8) is 0 Å². The van der Waals surface area contributed by atoms with E-state index in [-0.39, 0.29) is 18.0 Å². The number of rotatable bonds is 6. The molecule has 7 heteroatoms. The molecular formula is C22H22N4OS2. The van der Waals surface area contributed by atoms with Gasteiger partial charge in [0.15, 0.2) is 5.11 Å². The topological polar surface area (TPSA) is 57.3 Å². The van der Waals surface area contributed by atoms with Crippen molar-refractivity contribution in [3.05, 3.63) is 82.3 Å². The van der Waals surface area contributed by atoms with Crippen molar-refractivity contribution >= 4 is 40.3 Å². The first kappa shape index (κ1) is 19.5. The Morgan fingerprint density at radius 1 is 1.17 bits per heavy atom. The first-order valence-corrected chi connectivity index (χ1v) is 10.7. The Hall–Kier alpha value is -2.77. The maximum atomic E-state index is 12.5. The van der Waals surface area contributed by atoms with Crippen LogP contribution in [0.15, 0.2) is 66.9 Å². The first-order chi connectivity index (χ1) is 14.1. The summed E-state index contributed by atoms with van der Waals surface area (Å²) in [6.07, 6.45) is 2.15. The molecule has 0 aliphatic carbocycles. The third kappa shape index (κ3) is 4.46. The summed E-state index contributed by atoms with van der Waals surface area (Å²) in [5, 5.41) is 7.02. The van der Waals surface area contributed by atoms with Crippen LogP contribution >= 0.6 is 23.6 Å². The summed E-state index contributed by atoms with van der Waals surface area (Å²) in [7, 11) is 0. The fourth-order valence-corrected chi connectivity index (χ4v) is 4.89. The highest BCUT2D eigenvalue weighted by Gasteiger charge is 2.40. The standard InChI is InChI=1S/C22H22N4OS2/c1-15-10-11-18(29-15)21-20(17-9-5-6-13-23-17)25-22(28)26(21)14-12-19(27)24-16-7-3-2-4-8-16/h2-11,13,20-21H,12,14H2,1H3,(H,24,27)(H,25,28)/t20-,21+/m0/s1. The third-order valence-electron chi connectivity index (χ3n) is 4.89. The Labute approximate surface area is 179 Å². The number of thiocarbonyl (C=S) groups is 1. The number of pyridine rings is 1. The van der Waals surface area contributed by atoms with Crippen LogP contribution in [0.1, 0.15) is 34.0 Å². The van der Waals surface area contributed by atoms with Gasteiger partial charge in [0.1, 0.15) is 0 Å². The molecule has 1 aliphatic rings. The van der Waals surface area contributed by atoms with Crippen LogP contribution in [0.25, 0.3) is 0 Å². The quantitative estimate of drug-likeness (QED) is 0.575. The van der Waals surface area contributed by atoms with Gasteiger partial charge in [-0.1, -0.05) is 24.3 Å². The van der Waals surface area contributed by atoms with Crippen LogP contribution in [0.4, 0.5) is 5.69 Å². The number of thiophene rings is 1. The summed E-state index contributed by atoms with van der Waals surface area (Å²) < 4.78 is 0. The van der Waals surface area contributed by atoms with E-state index >= 15 is 0 Å². The average Bonchev–Trinajstić information content (AvgIpc) is 3.30. The van der Waals surface area contributed by atoms with Crippen molar-refractivity contribution in [2.45, 2.75) is 25.4 Å². The number of nitrogens with zero attached hydrogens (tertiary/aromatic N) is 2. The van der Waals surface area contributed by atoms with Crippen molar-refractivity contribution in [2.75, 3.05) is 11.9 Å². The molecule has 1 fully saturated rings. The van der Waals surface area contributed by atoms with Crippen LogP contribution in [-0.4, -0.2) is 27.4 Å². The Bertz CT molecular complexity index is 990. The van der Waals surface area contributed by atoms with E-state index in [0.717, 1.165) is 11.4 Å². The van der Waals surface area contributed by atoms with Crippen molar-refractivity contribution in [1.82, 2.24) is 15.2 Å². The van der Waals surface area contributed by atoms with Crippen LogP contribution in [-0.2, 0) is 4.79 Å². The van der Waals surface area contributed by atoms with Crippen LogP contribution in [0.3, 0.4) is 0 Å². The minimum absolute atomic E-state index is 0.0145. The molecule has 3 heterocycles. The molecule has 29 heavy (non-hydrogen) atoms. The molecule has 1 amide bonds. The smallest absolute Gasteiger partial charge is 0.226 e. The van der Waals surface area contributed by atoms with Gasteiger partial charge in [-0.05, 0) is 55.5 Å². The summed E-state index contributed by atoms with van der Waals surface area (Å²) in [5.74, 6) is -0.0265. The Balaban J connectivity index is 1.52. The largest absolute Gasteiger partial charge is 0.352 e. The number of nitrogens with one attached hydrogen (secondary N) is 2. The summed E-state index contributed by atoms with van der Waals surface area (Å²) in [5.41, 5.74) is 1.75. The van der Waals surface area contributed by atoms with E-state index in [0.29, 0.717) is 18.1 Å². The maximum absolute atomic E-state index is 12.5. The normalized spacial score (nSPS) is 18.5. The zero-order chi connectivity index (χ0) is 20.2. The van der Waals surface area contributed by atoms with Crippen LogP contribution in [0.2, 0.25) is 0 Å². The first-order valence-electron chi connectivity index (χ1n) is 9.51. The second kappa shape index (κ2) is 8.71. The fourth-order valence-electron chi connectivity index (χ4n) is 3.53. The molecule has 0 saturated carbocycles. The number of hydrogen-bond donors (Lipinski definition) is 2. The summed E-state index contributed by atoms with van der Waals surface area (Å²) in [6.45, 7) is 2.64. The molecule has 0 spiro atoms. The van der Waals surface area contributed by atoms with Crippen molar-refractivity contribution in [2.24, 2.45) is 0 Å². The van der Waals surface area contributed by atoms with Gasteiger partial charge in [-0.15, -0.1) is 11.3 Å². The molecule has 1 saturated heterocycles. The molecule has 5 nitrogen and oxygen atoms in total. The average molecular weight is 423 g/mol. The van der Waals surface area contributed by atoms with Gasteiger partial charge in [-0.2, -0.15) is 0 Å². The predicted octanol–water partition coefficient (Wildman–Crippen LogP) is 4.45. The SMILES string of the molecule is Cc1ccc([C@@H]2[C@H](c3ccccn3)NC(=S)N2CCC(=O)Nc2ccccc2)s1. The van der Waals surface area contributed by atoms with E-state index in [1.54, 1.807) is 17.5 Å². The molecule has 0 radical (unpaired) electrons. The van der Waals surface area contributed by atoms with Crippen LogP contribution in [0, 0.1) is 6.92 Å². The highest BCUT2D eigenvalue weighted by atomic mass is 32.1. The molecule has 1 aliphatic heterocycles. The number of para-hydroxylation sites is 1. The molecule has 148 valence electrons. The van der Waals surface area contributed by atoms with E-state index in [9.17, 15) is 4.79 Å². The number of hydrogen-bond acceptors (Lipinski definition) is 4. The molecule has 2 N–H and O–H groups in total. The molecule has 0 bridgehead atoms. The lowest BCUT2D eigenvalue weighted by Crippen LogP contribution is -2.32. The van der Waals surface area contributed by atoms with E-state index in [1.807, 2.05) is 48.5 Å². The maximum Gasteiger partial charge on any atom is 0.226 e.